The van der Waals surface area contributed by atoms with Crippen LogP contribution in [0.4, 0.5) is 10.5 Å². The first-order chi connectivity index (χ1) is 8.90. The van der Waals surface area contributed by atoms with E-state index in [4.69, 9.17) is 5.73 Å². The Morgan fingerprint density at radius 2 is 1.85 bits per heavy atom. The smallest absolute Gasteiger partial charge is 0.326 e. The second-order valence-electron chi connectivity index (χ2n) is 4.97. The molecule has 0 aliphatic heterocycles. The van der Waals surface area contributed by atoms with Crippen molar-refractivity contribution in [2.45, 2.75) is 27.7 Å². The predicted octanol–water partition coefficient (Wildman–Crippen LogP) is 2.82. The summed E-state index contributed by atoms with van der Waals surface area (Å²) in [6.45, 7) is 8.55. The van der Waals surface area contributed by atoms with E-state index in [1.54, 1.807) is 0 Å². The molecule has 0 aliphatic carbocycles. The lowest BCUT2D eigenvalue weighted by atomic mass is 10.1. The number of nitrogens with one attached hydrogen (secondary N) is 2. The van der Waals surface area contributed by atoms with E-state index in [1.165, 1.54) is 0 Å². The first-order valence-electron chi connectivity index (χ1n) is 6.34. The Kier molecular flexibility index (Phi) is 7.69. The number of guanidine groups is 1. The highest BCUT2D eigenvalue weighted by Gasteiger charge is 2.07. The van der Waals surface area contributed by atoms with Gasteiger partial charge in [0.15, 0.2) is 5.96 Å². The summed E-state index contributed by atoms with van der Waals surface area (Å²) < 4.78 is 0. The van der Waals surface area contributed by atoms with Crippen LogP contribution in [0, 0.1) is 19.8 Å². The lowest BCUT2D eigenvalue weighted by Crippen LogP contribution is -2.40. The minimum absolute atomic E-state index is 0. The van der Waals surface area contributed by atoms with Gasteiger partial charge in [-0.2, -0.15) is 0 Å². The molecule has 0 aliphatic rings. The molecule has 0 heterocycles. The van der Waals surface area contributed by atoms with Crippen molar-refractivity contribution in [1.82, 2.24) is 5.32 Å². The van der Waals surface area contributed by atoms with Crippen molar-refractivity contribution in [1.29, 1.82) is 0 Å². The number of nitrogens with zero attached hydrogens (tertiary/aromatic N) is 1. The van der Waals surface area contributed by atoms with Crippen molar-refractivity contribution >= 4 is 30.1 Å². The molecule has 1 aromatic rings. The van der Waals surface area contributed by atoms with Gasteiger partial charge >= 0.3 is 6.03 Å². The van der Waals surface area contributed by atoms with Gasteiger partial charge in [-0.1, -0.05) is 32.0 Å². The maximum Gasteiger partial charge on any atom is 0.326 e. The molecular weight excluding hydrogens is 276 g/mol. The van der Waals surface area contributed by atoms with E-state index < -0.39 is 0 Å². The van der Waals surface area contributed by atoms with Crippen LogP contribution < -0.4 is 16.4 Å². The normalized spacial score (nSPS) is 10.9. The molecule has 0 fully saturated rings. The number of hydrogen-bond acceptors (Lipinski definition) is 2. The monoisotopic (exact) mass is 298 g/mol. The van der Waals surface area contributed by atoms with E-state index >= 15 is 0 Å². The van der Waals surface area contributed by atoms with Crippen molar-refractivity contribution in [3.8, 4) is 0 Å². The fourth-order valence-corrected chi connectivity index (χ4v) is 1.59. The Morgan fingerprint density at radius 3 is 2.35 bits per heavy atom. The Bertz CT molecular complexity index is 466. The molecule has 20 heavy (non-hydrogen) atoms. The molecule has 2 amide bonds. The summed E-state index contributed by atoms with van der Waals surface area (Å²) in [7, 11) is 0. The Labute approximate surface area is 126 Å². The highest BCUT2D eigenvalue weighted by Crippen LogP contribution is 2.18. The molecule has 0 spiro atoms. The number of aryl methyl sites for hydroxylation is 2. The number of hydrogen-bond donors (Lipinski definition) is 3. The molecule has 1 rings (SSSR count). The maximum absolute atomic E-state index is 11.8. The fourth-order valence-electron chi connectivity index (χ4n) is 1.59. The first kappa shape index (κ1) is 18.2. The number of aliphatic imine (C=N–C) groups is 1. The van der Waals surface area contributed by atoms with E-state index in [-0.39, 0.29) is 24.4 Å². The number of nitrogens with two attached hydrogens (primary N) is 1. The van der Waals surface area contributed by atoms with Gasteiger partial charge in [0, 0.05) is 12.2 Å². The molecule has 1 aromatic carbocycles. The summed E-state index contributed by atoms with van der Waals surface area (Å²) in [6.07, 6.45) is 0. The van der Waals surface area contributed by atoms with E-state index in [0.717, 1.165) is 16.8 Å². The number of rotatable bonds is 3. The van der Waals surface area contributed by atoms with Crippen LogP contribution >= 0.6 is 12.4 Å². The second kappa shape index (κ2) is 8.43. The number of para-hydroxylation sites is 1. The van der Waals surface area contributed by atoms with E-state index in [2.05, 4.69) is 15.6 Å². The van der Waals surface area contributed by atoms with E-state index in [0.29, 0.717) is 12.5 Å². The molecular formula is C14H23ClN4O. The molecule has 0 atom stereocenters. The highest BCUT2D eigenvalue weighted by molar-refractivity contribution is 6.02. The van der Waals surface area contributed by atoms with Gasteiger partial charge < -0.3 is 11.1 Å². The molecule has 6 heteroatoms. The topological polar surface area (TPSA) is 79.5 Å². The number of carbonyl (C=O) groups is 1. The van der Waals surface area contributed by atoms with Gasteiger partial charge in [0.2, 0.25) is 0 Å². The van der Waals surface area contributed by atoms with Crippen molar-refractivity contribution < 1.29 is 4.79 Å². The summed E-state index contributed by atoms with van der Waals surface area (Å²) in [4.78, 5) is 15.9. The van der Waals surface area contributed by atoms with Gasteiger partial charge in [-0.05, 0) is 30.9 Å². The van der Waals surface area contributed by atoms with Crippen molar-refractivity contribution in [2.75, 3.05) is 11.9 Å². The fraction of sp³-hybridized carbons (Fsp3) is 0.429. The van der Waals surface area contributed by atoms with Crippen LogP contribution in [0.3, 0.4) is 0 Å². The molecule has 112 valence electrons. The van der Waals surface area contributed by atoms with Gasteiger partial charge in [0.1, 0.15) is 0 Å². The summed E-state index contributed by atoms with van der Waals surface area (Å²) in [5.41, 5.74) is 8.45. The molecule has 0 aromatic heterocycles. The van der Waals surface area contributed by atoms with E-state index in [1.807, 2.05) is 45.9 Å². The lowest BCUT2D eigenvalue weighted by Gasteiger charge is -2.12. The summed E-state index contributed by atoms with van der Waals surface area (Å²) in [5, 5.41) is 5.30. The van der Waals surface area contributed by atoms with Crippen molar-refractivity contribution in [3.63, 3.8) is 0 Å². The zero-order valence-electron chi connectivity index (χ0n) is 12.4. The standard InChI is InChI=1S/C14H22N4O.ClH/c1-9(2)8-16-13(15)18-14(19)17-12-10(3)6-5-7-11(12)4;/h5-7,9H,8H2,1-4H3,(H4,15,16,17,18,19);1H. The van der Waals surface area contributed by atoms with Crippen molar-refractivity contribution in [3.05, 3.63) is 29.3 Å². The maximum atomic E-state index is 11.8. The molecule has 4 N–H and O–H groups in total. The quantitative estimate of drug-likeness (QED) is 0.592. The number of urea groups is 1. The Hall–Kier alpha value is -1.75. The molecule has 0 saturated heterocycles. The van der Waals surface area contributed by atoms with Crippen LogP contribution in [-0.2, 0) is 0 Å². The number of halogens is 1. The summed E-state index contributed by atoms with van der Waals surface area (Å²) in [5.74, 6) is 0.541. The number of amides is 2. The average Bonchev–Trinajstić information content (AvgIpc) is 2.31. The zero-order chi connectivity index (χ0) is 14.4. The number of anilines is 1. The minimum Gasteiger partial charge on any atom is -0.370 e. The Morgan fingerprint density at radius 1 is 1.30 bits per heavy atom. The van der Waals surface area contributed by atoms with Crippen LogP contribution in [0.1, 0.15) is 25.0 Å². The molecule has 5 nitrogen and oxygen atoms in total. The minimum atomic E-state index is -0.373. The third-order valence-corrected chi connectivity index (χ3v) is 2.59. The molecule has 0 radical (unpaired) electrons. The van der Waals surface area contributed by atoms with Gasteiger partial charge in [-0.25, -0.2) is 4.79 Å². The predicted molar refractivity (Wildman–Crippen MR) is 86.6 cm³/mol. The third-order valence-electron chi connectivity index (χ3n) is 2.59. The summed E-state index contributed by atoms with van der Waals surface area (Å²) in [6, 6.07) is 5.46. The third kappa shape index (κ3) is 5.93. The van der Waals surface area contributed by atoms with Gasteiger partial charge in [0.25, 0.3) is 0 Å². The molecule has 0 bridgehead atoms. The second-order valence-corrected chi connectivity index (χ2v) is 4.97. The molecule has 0 saturated carbocycles. The average molecular weight is 299 g/mol. The van der Waals surface area contributed by atoms with Gasteiger partial charge in [0.05, 0.1) is 0 Å². The van der Waals surface area contributed by atoms with Gasteiger partial charge in [-0.15, -0.1) is 12.4 Å². The zero-order valence-corrected chi connectivity index (χ0v) is 13.2. The van der Waals surface area contributed by atoms with Crippen LogP contribution in [0.5, 0.6) is 0 Å². The Balaban J connectivity index is 0.00000361. The van der Waals surface area contributed by atoms with Crippen LogP contribution in [0.15, 0.2) is 23.2 Å². The highest BCUT2D eigenvalue weighted by atomic mass is 35.5. The SMILES string of the molecule is Cc1cccc(C)c1NC(=O)NC(N)=NCC(C)C.Cl. The van der Waals surface area contributed by atoms with Crippen LogP contribution in [0.2, 0.25) is 0 Å². The van der Waals surface area contributed by atoms with Crippen molar-refractivity contribution in [2.24, 2.45) is 16.6 Å². The van der Waals surface area contributed by atoms with Crippen LogP contribution in [-0.4, -0.2) is 18.5 Å². The van der Waals surface area contributed by atoms with Gasteiger partial charge in [-0.3, -0.25) is 10.3 Å². The molecule has 0 unspecified atom stereocenters. The largest absolute Gasteiger partial charge is 0.370 e. The first-order valence-corrected chi connectivity index (χ1v) is 6.34. The van der Waals surface area contributed by atoms with Crippen LogP contribution in [0.25, 0.3) is 0 Å². The van der Waals surface area contributed by atoms with E-state index in [9.17, 15) is 4.79 Å². The number of carbonyl (C=O) groups excluding carboxylic acids is 1. The summed E-state index contributed by atoms with van der Waals surface area (Å²) >= 11 is 0. The number of benzene rings is 1. The lowest BCUT2D eigenvalue weighted by molar-refractivity contribution is 0.256.